The van der Waals surface area contributed by atoms with Gasteiger partial charge in [0.2, 0.25) is 5.89 Å². The van der Waals surface area contributed by atoms with Crippen LogP contribution in [0, 0.1) is 13.8 Å². The monoisotopic (exact) mass is 254 g/mol. The van der Waals surface area contributed by atoms with E-state index < -0.39 is 5.97 Å². The van der Waals surface area contributed by atoms with Gasteiger partial charge in [-0.2, -0.15) is 4.98 Å². The van der Waals surface area contributed by atoms with Crippen LogP contribution in [-0.2, 0) is 6.54 Å². The van der Waals surface area contributed by atoms with E-state index in [1.807, 2.05) is 0 Å². The summed E-state index contributed by atoms with van der Waals surface area (Å²) >= 11 is 1.08. The number of aromatic carboxylic acids is 1. The Bertz CT molecular complexity index is 548. The van der Waals surface area contributed by atoms with E-state index in [2.05, 4.69) is 20.4 Å². The molecule has 0 radical (unpaired) electrons. The van der Waals surface area contributed by atoms with Crippen LogP contribution in [0.2, 0.25) is 0 Å². The van der Waals surface area contributed by atoms with E-state index in [0.29, 0.717) is 29.1 Å². The normalized spacial score (nSPS) is 10.5. The molecule has 2 N–H and O–H groups in total. The summed E-state index contributed by atoms with van der Waals surface area (Å²) in [5, 5.41) is 16.0. The van der Waals surface area contributed by atoms with Gasteiger partial charge in [0.05, 0.1) is 12.2 Å². The first-order valence-corrected chi connectivity index (χ1v) is 5.61. The van der Waals surface area contributed by atoms with Crippen LogP contribution in [-0.4, -0.2) is 26.2 Å². The minimum Gasteiger partial charge on any atom is -0.477 e. The van der Waals surface area contributed by atoms with Gasteiger partial charge in [-0.15, -0.1) is 0 Å². The molecule has 0 bridgehead atoms. The van der Waals surface area contributed by atoms with Crippen molar-refractivity contribution in [3.8, 4) is 0 Å². The number of carboxylic acids is 1. The van der Waals surface area contributed by atoms with Gasteiger partial charge in [-0.3, -0.25) is 0 Å². The Balaban J connectivity index is 2.04. The molecular weight excluding hydrogens is 244 g/mol. The summed E-state index contributed by atoms with van der Waals surface area (Å²) in [7, 11) is 0. The smallest absolute Gasteiger partial charge is 0.347 e. The molecule has 2 aromatic heterocycles. The van der Waals surface area contributed by atoms with Gasteiger partial charge >= 0.3 is 5.97 Å². The third-order valence-electron chi connectivity index (χ3n) is 1.95. The number of carbonyl (C=O) groups is 1. The van der Waals surface area contributed by atoms with Crippen molar-refractivity contribution in [2.75, 3.05) is 5.32 Å². The summed E-state index contributed by atoms with van der Waals surface area (Å²) in [5.74, 6) is 0.0252. The van der Waals surface area contributed by atoms with E-state index in [9.17, 15) is 4.79 Å². The first-order chi connectivity index (χ1) is 8.06. The Hall–Kier alpha value is -1.96. The van der Waals surface area contributed by atoms with Crippen molar-refractivity contribution < 1.29 is 14.4 Å². The van der Waals surface area contributed by atoms with Gasteiger partial charge in [-0.25, -0.2) is 9.78 Å². The highest BCUT2D eigenvalue weighted by Gasteiger charge is 2.14. The molecule has 2 rings (SSSR count). The highest BCUT2D eigenvalue weighted by molar-refractivity contribution is 7.17. The second kappa shape index (κ2) is 4.50. The number of hydrogen-bond acceptors (Lipinski definition) is 7. The number of anilines is 1. The zero-order valence-corrected chi connectivity index (χ0v) is 10.0. The van der Waals surface area contributed by atoms with Crippen LogP contribution >= 0.6 is 11.3 Å². The Labute approximate surface area is 100 Å². The van der Waals surface area contributed by atoms with E-state index in [4.69, 9.17) is 9.63 Å². The van der Waals surface area contributed by atoms with Gasteiger partial charge in [0, 0.05) is 0 Å². The molecular formula is C9H10N4O3S. The molecule has 0 amide bonds. The lowest BCUT2D eigenvalue weighted by atomic mass is 10.4. The van der Waals surface area contributed by atoms with Crippen molar-refractivity contribution in [2.24, 2.45) is 0 Å². The van der Waals surface area contributed by atoms with E-state index >= 15 is 0 Å². The second-order valence-corrected chi connectivity index (χ2v) is 4.33. The first kappa shape index (κ1) is 11.5. The van der Waals surface area contributed by atoms with Crippen molar-refractivity contribution in [3.05, 3.63) is 22.3 Å². The third kappa shape index (κ3) is 2.59. The van der Waals surface area contributed by atoms with Gasteiger partial charge in [0.15, 0.2) is 11.0 Å². The molecule has 0 aliphatic rings. The predicted octanol–water partition coefficient (Wildman–Crippen LogP) is 1.45. The molecule has 0 saturated carbocycles. The quantitative estimate of drug-likeness (QED) is 0.851. The number of thiazole rings is 1. The fraction of sp³-hybridized carbons (Fsp3) is 0.333. The highest BCUT2D eigenvalue weighted by atomic mass is 32.1. The van der Waals surface area contributed by atoms with Gasteiger partial charge in [-0.1, -0.05) is 16.5 Å². The molecule has 7 nitrogen and oxygen atoms in total. The number of rotatable bonds is 4. The van der Waals surface area contributed by atoms with Gasteiger partial charge in [0.1, 0.15) is 4.88 Å². The Kier molecular flexibility index (Phi) is 3.05. The molecule has 0 fully saturated rings. The molecule has 2 heterocycles. The molecule has 8 heteroatoms. The molecule has 0 aliphatic carbocycles. The van der Waals surface area contributed by atoms with E-state index in [-0.39, 0.29) is 4.88 Å². The van der Waals surface area contributed by atoms with Crippen molar-refractivity contribution in [1.29, 1.82) is 0 Å². The van der Waals surface area contributed by atoms with Crippen molar-refractivity contribution in [1.82, 2.24) is 15.1 Å². The van der Waals surface area contributed by atoms with Crippen LogP contribution < -0.4 is 5.32 Å². The Morgan fingerprint density at radius 1 is 1.47 bits per heavy atom. The molecule has 0 aliphatic heterocycles. The lowest BCUT2D eigenvalue weighted by Gasteiger charge is -1.95. The first-order valence-electron chi connectivity index (χ1n) is 4.80. The van der Waals surface area contributed by atoms with E-state index in [1.165, 1.54) is 0 Å². The molecule has 90 valence electrons. The zero-order valence-electron chi connectivity index (χ0n) is 9.22. The molecule has 0 unspecified atom stereocenters. The van der Waals surface area contributed by atoms with Crippen LogP contribution in [0.1, 0.15) is 27.1 Å². The maximum atomic E-state index is 10.8. The topological polar surface area (TPSA) is 101 Å². The summed E-state index contributed by atoms with van der Waals surface area (Å²) in [6.45, 7) is 3.71. The van der Waals surface area contributed by atoms with Crippen molar-refractivity contribution >= 4 is 22.4 Å². The minimum atomic E-state index is -0.971. The SMILES string of the molecule is Cc1noc(CNc2nc(C)c(C(=O)O)s2)n1. The third-order valence-corrected chi connectivity index (χ3v) is 3.05. The largest absolute Gasteiger partial charge is 0.477 e. The number of nitrogens with zero attached hydrogens (tertiary/aromatic N) is 3. The maximum Gasteiger partial charge on any atom is 0.347 e. The standard InChI is InChI=1S/C9H10N4O3S/c1-4-7(8(14)15)17-9(11-4)10-3-6-12-5(2)13-16-6/h3H2,1-2H3,(H,10,11)(H,14,15). The zero-order chi connectivity index (χ0) is 12.4. The summed E-state index contributed by atoms with van der Waals surface area (Å²) in [6, 6.07) is 0. The highest BCUT2D eigenvalue weighted by Crippen LogP contribution is 2.22. The van der Waals surface area contributed by atoms with Gasteiger partial charge < -0.3 is 14.9 Å². The van der Waals surface area contributed by atoms with E-state index in [0.717, 1.165) is 11.3 Å². The molecule has 2 aromatic rings. The van der Waals surface area contributed by atoms with Crippen LogP contribution in [0.15, 0.2) is 4.52 Å². The lowest BCUT2D eigenvalue weighted by Crippen LogP contribution is -1.99. The number of hydrogen-bond donors (Lipinski definition) is 2. The minimum absolute atomic E-state index is 0.231. The van der Waals surface area contributed by atoms with Gasteiger partial charge in [-0.05, 0) is 13.8 Å². The average molecular weight is 254 g/mol. The lowest BCUT2D eigenvalue weighted by molar-refractivity contribution is 0.0701. The number of aromatic nitrogens is 3. The van der Waals surface area contributed by atoms with Crippen LogP contribution in [0.5, 0.6) is 0 Å². The van der Waals surface area contributed by atoms with E-state index in [1.54, 1.807) is 13.8 Å². The van der Waals surface area contributed by atoms with Crippen molar-refractivity contribution in [3.63, 3.8) is 0 Å². The average Bonchev–Trinajstić information content (AvgIpc) is 2.82. The second-order valence-electron chi connectivity index (χ2n) is 3.33. The van der Waals surface area contributed by atoms with Gasteiger partial charge in [0.25, 0.3) is 0 Å². The van der Waals surface area contributed by atoms with Crippen LogP contribution in [0.4, 0.5) is 5.13 Å². The van der Waals surface area contributed by atoms with Crippen LogP contribution in [0.3, 0.4) is 0 Å². The molecule has 0 atom stereocenters. The summed E-state index contributed by atoms with van der Waals surface area (Å²) in [6.07, 6.45) is 0. The maximum absolute atomic E-state index is 10.8. The fourth-order valence-electron chi connectivity index (χ4n) is 1.23. The Morgan fingerprint density at radius 3 is 2.76 bits per heavy atom. The number of nitrogens with one attached hydrogen (secondary N) is 1. The number of aryl methyl sites for hydroxylation is 2. The summed E-state index contributed by atoms with van der Waals surface area (Å²) in [4.78, 5) is 19.1. The Morgan fingerprint density at radius 2 is 2.24 bits per heavy atom. The number of carboxylic acid groups (broad SMARTS) is 1. The molecule has 0 aromatic carbocycles. The molecule has 0 saturated heterocycles. The molecule has 17 heavy (non-hydrogen) atoms. The van der Waals surface area contributed by atoms with Crippen LogP contribution in [0.25, 0.3) is 0 Å². The predicted molar refractivity (Wildman–Crippen MR) is 60.2 cm³/mol. The fourth-order valence-corrected chi connectivity index (χ4v) is 2.03. The summed E-state index contributed by atoms with van der Waals surface area (Å²) < 4.78 is 4.91. The summed E-state index contributed by atoms with van der Waals surface area (Å²) in [5.41, 5.74) is 0.492. The molecule has 0 spiro atoms. The van der Waals surface area contributed by atoms with Crippen molar-refractivity contribution in [2.45, 2.75) is 20.4 Å².